The van der Waals surface area contributed by atoms with Crippen molar-refractivity contribution in [2.75, 3.05) is 18.0 Å². The van der Waals surface area contributed by atoms with Crippen LogP contribution in [0.4, 0.5) is 5.69 Å². The summed E-state index contributed by atoms with van der Waals surface area (Å²) in [5, 5.41) is 3.35. The molecule has 1 amide bonds. The van der Waals surface area contributed by atoms with E-state index in [4.69, 9.17) is 0 Å². The molecular weight excluding hydrogens is 250 g/mol. The second-order valence-corrected chi connectivity index (χ2v) is 4.88. The highest BCUT2D eigenvalue weighted by atomic mass is 16.2. The zero-order chi connectivity index (χ0) is 13.8. The number of hydrogen-bond acceptors (Lipinski definition) is 3. The summed E-state index contributed by atoms with van der Waals surface area (Å²) < 4.78 is 0. The summed E-state index contributed by atoms with van der Waals surface area (Å²) in [5.74, 6) is 0.132. The van der Waals surface area contributed by atoms with Gasteiger partial charge in [0.2, 0.25) is 5.91 Å². The van der Waals surface area contributed by atoms with Crippen LogP contribution in [-0.4, -0.2) is 24.0 Å². The minimum absolute atomic E-state index is 0.132. The van der Waals surface area contributed by atoms with Gasteiger partial charge in [-0.05, 0) is 29.3 Å². The van der Waals surface area contributed by atoms with Gasteiger partial charge in [0.05, 0.1) is 6.42 Å². The SMILES string of the molecule is O=C(Cc1ccncc1)N1CCNCc2ccccc21. The van der Waals surface area contributed by atoms with Gasteiger partial charge in [-0.15, -0.1) is 0 Å². The van der Waals surface area contributed by atoms with E-state index in [1.165, 1.54) is 5.56 Å². The molecule has 0 bridgehead atoms. The molecule has 2 heterocycles. The maximum Gasteiger partial charge on any atom is 0.231 e. The van der Waals surface area contributed by atoms with Crippen LogP contribution in [0.2, 0.25) is 0 Å². The first-order valence-electron chi connectivity index (χ1n) is 6.82. The molecule has 0 radical (unpaired) electrons. The van der Waals surface area contributed by atoms with E-state index in [2.05, 4.69) is 16.4 Å². The van der Waals surface area contributed by atoms with E-state index in [1.54, 1.807) is 12.4 Å². The predicted octanol–water partition coefficient (Wildman–Crippen LogP) is 1.76. The molecule has 102 valence electrons. The first-order chi connectivity index (χ1) is 9.84. The molecule has 4 nitrogen and oxygen atoms in total. The predicted molar refractivity (Wildman–Crippen MR) is 78.4 cm³/mol. The van der Waals surface area contributed by atoms with Gasteiger partial charge in [0.15, 0.2) is 0 Å². The van der Waals surface area contributed by atoms with Gasteiger partial charge in [-0.3, -0.25) is 9.78 Å². The molecule has 20 heavy (non-hydrogen) atoms. The average molecular weight is 267 g/mol. The fourth-order valence-corrected chi connectivity index (χ4v) is 2.49. The van der Waals surface area contributed by atoms with Crippen LogP contribution in [-0.2, 0) is 17.8 Å². The average Bonchev–Trinajstić information content (AvgIpc) is 2.70. The zero-order valence-electron chi connectivity index (χ0n) is 11.2. The molecule has 0 saturated carbocycles. The van der Waals surface area contributed by atoms with Crippen molar-refractivity contribution >= 4 is 11.6 Å². The van der Waals surface area contributed by atoms with Crippen molar-refractivity contribution in [2.24, 2.45) is 0 Å². The standard InChI is InChI=1S/C16H17N3O/c20-16(11-13-5-7-17-8-6-13)19-10-9-18-12-14-3-1-2-4-15(14)19/h1-8,18H,9-12H2. The smallest absolute Gasteiger partial charge is 0.231 e. The number of fused-ring (bicyclic) bond motifs is 1. The quantitative estimate of drug-likeness (QED) is 0.902. The number of anilines is 1. The molecule has 3 rings (SSSR count). The minimum Gasteiger partial charge on any atom is -0.311 e. The van der Waals surface area contributed by atoms with Crippen molar-refractivity contribution in [3.05, 3.63) is 59.9 Å². The number of carbonyl (C=O) groups is 1. The molecule has 1 aliphatic heterocycles. The molecule has 1 N–H and O–H groups in total. The Kier molecular flexibility index (Phi) is 3.74. The van der Waals surface area contributed by atoms with Crippen LogP contribution in [0.3, 0.4) is 0 Å². The van der Waals surface area contributed by atoms with Crippen LogP contribution in [0.5, 0.6) is 0 Å². The van der Waals surface area contributed by atoms with Gasteiger partial charge in [0, 0.05) is 37.7 Å². The topological polar surface area (TPSA) is 45.2 Å². The third-order valence-electron chi connectivity index (χ3n) is 3.52. The first-order valence-corrected chi connectivity index (χ1v) is 6.82. The Morgan fingerprint density at radius 1 is 1.20 bits per heavy atom. The molecule has 0 atom stereocenters. The third-order valence-corrected chi connectivity index (χ3v) is 3.52. The zero-order valence-corrected chi connectivity index (χ0v) is 11.2. The van der Waals surface area contributed by atoms with Gasteiger partial charge >= 0.3 is 0 Å². The lowest BCUT2D eigenvalue weighted by atomic mass is 10.1. The highest BCUT2D eigenvalue weighted by molar-refractivity contribution is 5.95. The van der Waals surface area contributed by atoms with E-state index in [0.717, 1.165) is 24.3 Å². The molecule has 1 aromatic carbocycles. The molecule has 0 fully saturated rings. The third kappa shape index (κ3) is 2.70. The fraction of sp³-hybridized carbons (Fsp3) is 0.250. The Labute approximate surface area is 118 Å². The van der Waals surface area contributed by atoms with Crippen molar-refractivity contribution in [1.29, 1.82) is 0 Å². The van der Waals surface area contributed by atoms with Crippen LogP contribution in [0, 0.1) is 0 Å². The number of nitrogens with one attached hydrogen (secondary N) is 1. The van der Waals surface area contributed by atoms with E-state index in [1.807, 2.05) is 35.2 Å². The Balaban J connectivity index is 1.84. The van der Waals surface area contributed by atoms with Crippen LogP contribution in [0.1, 0.15) is 11.1 Å². The molecule has 4 heteroatoms. The number of carbonyl (C=O) groups excluding carboxylic acids is 1. The van der Waals surface area contributed by atoms with Crippen molar-refractivity contribution in [1.82, 2.24) is 10.3 Å². The summed E-state index contributed by atoms with van der Waals surface area (Å²) in [5.41, 5.74) is 3.20. The molecule has 0 aliphatic carbocycles. The lowest BCUT2D eigenvalue weighted by Gasteiger charge is -2.22. The minimum atomic E-state index is 0.132. The highest BCUT2D eigenvalue weighted by Crippen LogP contribution is 2.22. The molecule has 2 aromatic rings. The van der Waals surface area contributed by atoms with Gasteiger partial charge in [-0.25, -0.2) is 0 Å². The van der Waals surface area contributed by atoms with Gasteiger partial charge < -0.3 is 10.2 Å². The summed E-state index contributed by atoms with van der Waals surface area (Å²) in [6.45, 7) is 2.34. The first kappa shape index (κ1) is 12.8. The van der Waals surface area contributed by atoms with Crippen LogP contribution in [0.15, 0.2) is 48.8 Å². The number of aromatic nitrogens is 1. The van der Waals surface area contributed by atoms with E-state index in [9.17, 15) is 4.79 Å². The van der Waals surface area contributed by atoms with E-state index in [0.29, 0.717) is 13.0 Å². The fourth-order valence-electron chi connectivity index (χ4n) is 2.49. The summed E-state index contributed by atoms with van der Waals surface area (Å²) in [7, 11) is 0. The highest BCUT2D eigenvalue weighted by Gasteiger charge is 2.20. The van der Waals surface area contributed by atoms with E-state index in [-0.39, 0.29) is 5.91 Å². The monoisotopic (exact) mass is 267 g/mol. The van der Waals surface area contributed by atoms with Crippen LogP contribution in [0.25, 0.3) is 0 Å². The molecule has 0 spiro atoms. The van der Waals surface area contributed by atoms with Crippen molar-refractivity contribution in [3.8, 4) is 0 Å². The van der Waals surface area contributed by atoms with Crippen molar-refractivity contribution < 1.29 is 4.79 Å². The molecule has 1 aliphatic rings. The Morgan fingerprint density at radius 3 is 2.85 bits per heavy atom. The van der Waals surface area contributed by atoms with E-state index >= 15 is 0 Å². The van der Waals surface area contributed by atoms with Crippen LogP contribution < -0.4 is 10.2 Å². The van der Waals surface area contributed by atoms with Gasteiger partial charge in [0.1, 0.15) is 0 Å². The number of pyridine rings is 1. The molecular formula is C16H17N3O. The van der Waals surface area contributed by atoms with Crippen molar-refractivity contribution in [2.45, 2.75) is 13.0 Å². The number of rotatable bonds is 2. The maximum atomic E-state index is 12.6. The number of amides is 1. The lowest BCUT2D eigenvalue weighted by molar-refractivity contribution is -0.118. The summed E-state index contributed by atoms with van der Waals surface area (Å²) in [4.78, 5) is 18.4. The summed E-state index contributed by atoms with van der Waals surface area (Å²) in [6.07, 6.45) is 3.86. The van der Waals surface area contributed by atoms with Crippen molar-refractivity contribution in [3.63, 3.8) is 0 Å². The second kappa shape index (κ2) is 5.84. The van der Waals surface area contributed by atoms with Crippen LogP contribution >= 0.6 is 0 Å². The Hall–Kier alpha value is -2.20. The number of nitrogens with zero attached hydrogens (tertiary/aromatic N) is 2. The summed E-state index contributed by atoms with van der Waals surface area (Å²) in [6, 6.07) is 11.9. The normalized spacial score (nSPS) is 14.5. The van der Waals surface area contributed by atoms with Gasteiger partial charge in [-0.2, -0.15) is 0 Å². The number of hydrogen-bond donors (Lipinski definition) is 1. The maximum absolute atomic E-state index is 12.6. The van der Waals surface area contributed by atoms with Gasteiger partial charge in [0.25, 0.3) is 0 Å². The van der Waals surface area contributed by atoms with Gasteiger partial charge in [-0.1, -0.05) is 18.2 Å². The second-order valence-electron chi connectivity index (χ2n) is 4.88. The Bertz CT molecular complexity index is 598. The summed E-state index contributed by atoms with van der Waals surface area (Å²) >= 11 is 0. The number of para-hydroxylation sites is 1. The Morgan fingerprint density at radius 2 is 2.00 bits per heavy atom. The largest absolute Gasteiger partial charge is 0.311 e. The molecule has 0 saturated heterocycles. The van der Waals surface area contributed by atoms with E-state index < -0.39 is 0 Å². The number of benzene rings is 1. The lowest BCUT2D eigenvalue weighted by Crippen LogP contribution is -2.35. The molecule has 0 unspecified atom stereocenters. The molecule has 1 aromatic heterocycles.